The van der Waals surface area contributed by atoms with E-state index in [0.29, 0.717) is 17.9 Å². The number of hydrogen-bond acceptors (Lipinski definition) is 4. The fourth-order valence-electron chi connectivity index (χ4n) is 5.74. The summed E-state index contributed by atoms with van der Waals surface area (Å²) in [5.41, 5.74) is 3.72. The molecule has 252 valence electrons. The van der Waals surface area contributed by atoms with E-state index in [2.05, 4.69) is 20.8 Å². The van der Waals surface area contributed by atoms with Gasteiger partial charge in [-0.2, -0.15) is 0 Å². The lowest BCUT2D eigenvalue weighted by molar-refractivity contribution is 0.0627. The highest BCUT2D eigenvalue weighted by molar-refractivity contribution is 5.91. The Morgan fingerprint density at radius 3 is 1.48 bits per heavy atom. The van der Waals surface area contributed by atoms with Crippen LogP contribution in [-0.4, -0.2) is 19.2 Å². The number of hydrogen-bond donors (Lipinski definition) is 0. The maximum Gasteiger partial charge on any atom is 0.343 e. The van der Waals surface area contributed by atoms with Gasteiger partial charge in [-0.3, -0.25) is 0 Å². The molecule has 4 nitrogen and oxygen atoms in total. The van der Waals surface area contributed by atoms with E-state index in [9.17, 15) is 4.79 Å². The summed E-state index contributed by atoms with van der Waals surface area (Å²) >= 11 is 0. The molecule has 0 aliphatic carbocycles. The fraction of sp³-hybridized carbons (Fsp3) is 0.548. The topological polar surface area (TPSA) is 44.8 Å². The van der Waals surface area contributed by atoms with Crippen LogP contribution >= 0.6 is 0 Å². The van der Waals surface area contributed by atoms with Crippen molar-refractivity contribution >= 4 is 5.97 Å². The molecule has 1 unspecified atom stereocenters. The Labute approximate surface area is 280 Å². The molecule has 0 heterocycles. The van der Waals surface area contributed by atoms with E-state index in [1.54, 1.807) is 0 Å². The average molecular weight is 629 g/mol. The number of carbonyl (C=O) groups is 1. The molecule has 0 aliphatic heterocycles. The van der Waals surface area contributed by atoms with Gasteiger partial charge in [-0.25, -0.2) is 4.79 Å². The molecular formula is C42H60O4. The van der Waals surface area contributed by atoms with Gasteiger partial charge in [0.15, 0.2) is 0 Å². The molecule has 46 heavy (non-hydrogen) atoms. The van der Waals surface area contributed by atoms with Crippen LogP contribution in [0.3, 0.4) is 0 Å². The average Bonchev–Trinajstić information content (AvgIpc) is 3.09. The summed E-state index contributed by atoms with van der Waals surface area (Å²) in [7, 11) is 0. The van der Waals surface area contributed by atoms with Crippen LogP contribution in [0.15, 0.2) is 72.8 Å². The summed E-state index contributed by atoms with van der Waals surface area (Å²) < 4.78 is 17.4. The molecule has 3 rings (SSSR count). The zero-order chi connectivity index (χ0) is 32.7. The molecule has 0 bridgehead atoms. The first kappa shape index (κ1) is 37.3. The van der Waals surface area contributed by atoms with Gasteiger partial charge in [0.25, 0.3) is 0 Å². The molecule has 0 saturated carbocycles. The Bertz CT molecular complexity index is 1180. The SMILES string of the molecule is CCCCCCCCCCCCCCCCCCOC(C)c1ccc(OC(=O)c2ccc(-c3ccc(OCCC)cc3)cc2)cc1. The van der Waals surface area contributed by atoms with Crippen molar-refractivity contribution in [3.05, 3.63) is 83.9 Å². The van der Waals surface area contributed by atoms with Gasteiger partial charge < -0.3 is 14.2 Å². The van der Waals surface area contributed by atoms with Gasteiger partial charge in [-0.1, -0.05) is 147 Å². The lowest BCUT2D eigenvalue weighted by Gasteiger charge is -2.14. The minimum Gasteiger partial charge on any atom is -0.494 e. The number of unbranched alkanes of at least 4 members (excludes halogenated alkanes) is 15. The van der Waals surface area contributed by atoms with E-state index in [1.807, 2.05) is 72.8 Å². The van der Waals surface area contributed by atoms with Crippen molar-refractivity contribution in [1.29, 1.82) is 0 Å². The van der Waals surface area contributed by atoms with Gasteiger partial charge in [-0.15, -0.1) is 0 Å². The number of benzene rings is 3. The van der Waals surface area contributed by atoms with Gasteiger partial charge >= 0.3 is 5.97 Å². The maximum atomic E-state index is 12.7. The normalized spacial score (nSPS) is 11.8. The second kappa shape index (κ2) is 23.2. The molecule has 0 radical (unpaired) electrons. The number of rotatable bonds is 25. The monoisotopic (exact) mass is 628 g/mol. The van der Waals surface area contributed by atoms with Crippen LogP contribution in [0, 0.1) is 0 Å². The van der Waals surface area contributed by atoms with Gasteiger partial charge in [-0.05, 0) is 72.9 Å². The third-order valence-corrected chi connectivity index (χ3v) is 8.71. The Morgan fingerprint density at radius 2 is 0.978 bits per heavy atom. The van der Waals surface area contributed by atoms with E-state index in [1.165, 1.54) is 96.3 Å². The summed E-state index contributed by atoms with van der Waals surface area (Å²) in [6.07, 6.45) is 23.0. The second-order valence-corrected chi connectivity index (χ2v) is 12.7. The predicted molar refractivity (Wildman–Crippen MR) is 193 cm³/mol. The van der Waals surface area contributed by atoms with Crippen molar-refractivity contribution in [2.75, 3.05) is 13.2 Å². The fourth-order valence-corrected chi connectivity index (χ4v) is 5.74. The van der Waals surface area contributed by atoms with Crippen molar-refractivity contribution in [1.82, 2.24) is 0 Å². The summed E-state index contributed by atoms with van der Waals surface area (Å²) in [5.74, 6) is 1.04. The van der Waals surface area contributed by atoms with Crippen LogP contribution in [0.5, 0.6) is 11.5 Å². The van der Waals surface area contributed by atoms with Crippen molar-refractivity contribution in [2.24, 2.45) is 0 Å². The Hall–Kier alpha value is -3.11. The zero-order valence-corrected chi connectivity index (χ0v) is 29.1. The Kier molecular flexibility index (Phi) is 18.9. The van der Waals surface area contributed by atoms with Gasteiger partial charge in [0.1, 0.15) is 11.5 Å². The minimum atomic E-state index is -0.365. The molecule has 0 N–H and O–H groups in total. The van der Waals surface area contributed by atoms with Crippen molar-refractivity contribution < 1.29 is 19.0 Å². The van der Waals surface area contributed by atoms with Gasteiger partial charge in [0.2, 0.25) is 0 Å². The van der Waals surface area contributed by atoms with Crippen LogP contribution in [-0.2, 0) is 4.74 Å². The third kappa shape index (κ3) is 15.0. The number of carbonyl (C=O) groups excluding carboxylic acids is 1. The standard InChI is InChI=1S/C42H60O4/c1-4-6-7-8-9-10-11-12-13-14-15-16-17-18-19-20-34-44-35(3)36-25-31-41(32-26-36)46-42(43)39-23-21-37(22-24-39)38-27-29-40(30-28-38)45-33-5-2/h21-32,35H,4-20,33-34H2,1-3H3. The van der Waals surface area contributed by atoms with Crippen LogP contribution in [0.2, 0.25) is 0 Å². The van der Waals surface area contributed by atoms with E-state index < -0.39 is 0 Å². The number of ether oxygens (including phenoxy) is 3. The van der Waals surface area contributed by atoms with Crippen molar-refractivity contribution in [3.63, 3.8) is 0 Å². The first-order valence-corrected chi connectivity index (χ1v) is 18.4. The Balaban J connectivity index is 1.23. The van der Waals surface area contributed by atoms with Crippen LogP contribution in [0.25, 0.3) is 11.1 Å². The zero-order valence-electron chi connectivity index (χ0n) is 29.1. The van der Waals surface area contributed by atoms with Crippen LogP contribution < -0.4 is 9.47 Å². The smallest absolute Gasteiger partial charge is 0.343 e. The molecule has 4 heteroatoms. The van der Waals surface area contributed by atoms with Gasteiger partial charge in [0.05, 0.1) is 18.3 Å². The highest BCUT2D eigenvalue weighted by atomic mass is 16.5. The Morgan fingerprint density at radius 1 is 0.522 bits per heavy atom. The highest BCUT2D eigenvalue weighted by Crippen LogP contribution is 2.25. The second-order valence-electron chi connectivity index (χ2n) is 12.7. The molecule has 0 amide bonds. The van der Waals surface area contributed by atoms with E-state index in [-0.39, 0.29) is 12.1 Å². The van der Waals surface area contributed by atoms with Crippen LogP contribution in [0.1, 0.15) is 152 Å². The first-order valence-electron chi connectivity index (χ1n) is 18.4. The molecular weight excluding hydrogens is 568 g/mol. The molecule has 0 aliphatic rings. The first-order chi connectivity index (χ1) is 22.6. The largest absolute Gasteiger partial charge is 0.494 e. The molecule has 3 aromatic carbocycles. The third-order valence-electron chi connectivity index (χ3n) is 8.71. The highest BCUT2D eigenvalue weighted by Gasteiger charge is 2.11. The number of esters is 1. The summed E-state index contributed by atoms with van der Waals surface area (Å²) in [4.78, 5) is 12.7. The quantitative estimate of drug-likeness (QED) is 0.0532. The van der Waals surface area contributed by atoms with Crippen molar-refractivity contribution in [2.45, 2.75) is 136 Å². The lowest BCUT2D eigenvalue weighted by atomic mass is 10.0. The molecule has 0 aromatic heterocycles. The van der Waals surface area contributed by atoms with Crippen molar-refractivity contribution in [3.8, 4) is 22.6 Å². The molecule has 0 saturated heterocycles. The van der Waals surface area contributed by atoms with E-state index in [0.717, 1.165) is 41.9 Å². The lowest BCUT2D eigenvalue weighted by Crippen LogP contribution is -2.08. The summed E-state index contributed by atoms with van der Waals surface area (Å²) in [6, 6.07) is 23.2. The van der Waals surface area contributed by atoms with Crippen LogP contribution in [0.4, 0.5) is 0 Å². The van der Waals surface area contributed by atoms with E-state index in [4.69, 9.17) is 14.2 Å². The molecule has 3 aromatic rings. The van der Waals surface area contributed by atoms with E-state index >= 15 is 0 Å². The molecule has 1 atom stereocenters. The predicted octanol–water partition coefficient (Wildman–Crippen LogP) is 12.7. The molecule has 0 spiro atoms. The summed E-state index contributed by atoms with van der Waals surface area (Å²) in [6.45, 7) is 7.96. The maximum absolute atomic E-state index is 12.7. The summed E-state index contributed by atoms with van der Waals surface area (Å²) in [5, 5.41) is 0. The minimum absolute atomic E-state index is 0.0147. The molecule has 0 fully saturated rings. The van der Waals surface area contributed by atoms with Gasteiger partial charge in [0, 0.05) is 6.61 Å².